The predicted octanol–water partition coefficient (Wildman–Crippen LogP) is 2.92. The largest absolute Gasteiger partial charge is 0.481 e. The zero-order valence-corrected chi connectivity index (χ0v) is 13.5. The SMILES string of the molecule is COc1nccc2cc(NS(=O)(=O)c3ccc(C#N)cc3)ccc12. The number of rotatable bonds is 4. The molecule has 0 aliphatic heterocycles. The van der Waals surface area contributed by atoms with Crippen molar-refractivity contribution in [3.63, 3.8) is 0 Å². The van der Waals surface area contributed by atoms with Crippen LogP contribution >= 0.6 is 0 Å². The van der Waals surface area contributed by atoms with Crippen LogP contribution in [0.25, 0.3) is 10.8 Å². The fraction of sp³-hybridized carbons (Fsp3) is 0.0588. The molecule has 0 atom stereocenters. The molecule has 1 aromatic heterocycles. The number of fused-ring (bicyclic) bond motifs is 1. The highest BCUT2D eigenvalue weighted by molar-refractivity contribution is 7.92. The number of pyridine rings is 1. The van der Waals surface area contributed by atoms with E-state index in [9.17, 15) is 8.42 Å². The molecule has 0 bridgehead atoms. The molecule has 0 unspecified atom stereocenters. The van der Waals surface area contributed by atoms with E-state index in [1.165, 1.54) is 31.4 Å². The maximum absolute atomic E-state index is 12.4. The van der Waals surface area contributed by atoms with Gasteiger partial charge in [-0.05, 0) is 53.9 Å². The van der Waals surface area contributed by atoms with E-state index in [0.717, 1.165) is 10.8 Å². The molecule has 6 nitrogen and oxygen atoms in total. The third-order valence-electron chi connectivity index (χ3n) is 3.47. The molecule has 120 valence electrons. The molecule has 3 rings (SSSR count). The van der Waals surface area contributed by atoms with Crippen LogP contribution in [0.1, 0.15) is 5.56 Å². The summed E-state index contributed by atoms with van der Waals surface area (Å²) in [7, 11) is -2.20. The first-order valence-electron chi connectivity index (χ1n) is 6.99. The molecule has 0 saturated heterocycles. The van der Waals surface area contributed by atoms with Crippen molar-refractivity contribution in [1.82, 2.24) is 4.98 Å². The summed E-state index contributed by atoms with van der Waals surface area (Å²) in [5.41, 5.74) is 0.833. The molecule has 0 aliphatic carbocycles. The molecular weight excluding hydrogens is 326 g/mol. The Kier molecular flexibility index (Phi) is 4.06. The van der Waals surface area contributed by atoms with E-state index in [1.807, 2.05) is 6.07 Å². The van der Waals surface area contributed by atoms with Crippen LogP contribution in [0.3, 0.4) is 0 Å². The summed E-state index contributed by atoms with van der Waals surface area (Å²) < 4.78 is 32.6. The Balaban J connectivity index is 1.94. The summed E-state index contributed by atoms with van der Waals surface area (Å²) in [6.07, 6.45) is 1.60. The highest BCUT2D eigenvalue weighted by Crippen LogP contribution is 2.26. The van der Waals surface area contributed by atoms with Gasteiger partial charge in [-0.25, -0.2) is 13.4 Å². The number of nitrogens with one attached hydrogen (secondary N) is 1. The number of methoxy groups -OCH3 is 1. The van der Waals surface area contributed by atoms with Gasteiger partial charge in [-0.15, -0.1) is 0 Å². The third kappa shape index (κ3) is 3.00. The molecule has 7 heteroatoms. The van der Waals surface area contributed by atoms with Crippen molar-refractivity contribution in [1.29, 1.82) is 5.26 Å². The molecule has 1 heterocycles. The van der Waals surface area contributed by atoms with Gasteiger partial charge in [0.2, 0.25) is 5.88 Å². The van der Waals surface area contributed by atoms with Crippen LogP contribution < -0.4 is 9.46 Å². The first-order chi connectivity index (χ1) is 11.5. The van der Waals surface area contributed by atoms with Gasteiger partial charge in [-0.3, -0.25) is 4.72 Å². The van der Waals surface area contributed by atoms with Crippen molar-refractivity contribution >= 4 is 26.5 Å². The van der Waals surface area contributed by atoms with Crippen LogP contribution in [0.5, 0.6) is 5.88 Å². The maximum Gasteiger partial charge on any atom is 0.261 e. The second-order valence-corrected chi connectivity index (χ2v) is 6.68. The van der Waals surface area contributed by atoms with E-state index in [2.05, 4.69) is 9.71 Å². The number of aromatic nitrogens is 1. The first-order valence-corrected chi connectivity index (χ1v) is 8.47. The van der Waals surface area contributed by atoms with Gasteiger partial charge in [0.25, 0.3) is 10.0 Å². The molecule has 0 spiro atoms. The lowest BCUT2D eigenvalue weighted by molar-refractivity contribution is 0.403. The standard InChI is InChI=1S/C17H13N3O3S/c1-23-17-16-7-4-14(10-13(16)8-9-19-17)20-24(21,22)15-5-2-12(11-18)3-6-15/h2-10,20H,1H3. The minimum Gasteiger partial charge on any atom is -0.481 e. The van der Waals surface area contributed by atoms with Crippen LogP contribution in [0, 0.1) is 11.3 Å². The summed E-state index contributed by atoms with van der Waals surface area (Å²) in [4.78, 5) is 4.20. The molecule has 0 aliphatic rings. The van der Waals surface area contributed by atoms with E-state index < -0.39 is 10.0 Å². The second-order valence-electron chi connectivity index (χ2n) is 5.00. The molecule has 2 aromatic carbocycles. The van der Waals surface area contributed by atoms with Crippen LogP contribution in [0.2, 0.25) is 0 Å². The average molecular weight is 339 g/mol. The number of nitrogens with zero attached hydrogens (tertiary/aromatic N) is 2. The van der Waals surface area contributed by atoms with Crippen molar-refractivity contribution in [3.05, 3.63) is 60.3 Å². The lowest BCUT2D eigenvalue weighted by Gasteiger charge is -2.10. The average Bonchev–Trinajstić information content (AvgIpc) is 2.60. The van der Waals surface area contributed by atoms with Gasteiger partial charge in [0.05, 0.1) is 23.6 Å². The van der Waals surface area contributed by atoms with Crippen molar-refractivity contribution in [2.75, 3.05) is 11.8 Å². The lowest BCUT2D eigenvalue weighted by atomic mass is 10.1. The molecule has 0 amide bonds. The lowest BCUT2D eigenvalue weighted by Crippen LogP contribution is -2.12. The van der Waals surface area contributed by atoms with Gasteiger partial charge in [-0.1, -0.05) is 0 Å². The Morgan fingerprint density at radius 1 is 1.12 bits per heavy atom. The van der Waals surface area contributed by atoms with Gasteiger partial charge in [-0.2, -0.15) is 5.26 Å². The van der Waals surface area contributed by atoms with E-state index in [-0.39, 0.29) is 4.90 Å². The van der Waals surface area contributed by atoms with Gasteiger partial charge < -0.3 is 4.74 Å². The number of hydrogen-bond acceptors (Lipinski definition) is 5. The van der Waals surface area contributed by atoms with E-state index in [0.29, 0.717) is 17.1 Å². The Labute approximate surface area is 139 Å². The van der Waals surface area contributed by atoms with Gasteiger partial charge in [0.15, 0.2) is 0 Å². The van der Waals surface area contributed by atoms with Gasteiger partial charge in [0.1, 0.15) is 0 Å². The van der Waals surface area contributed by atoms with Crippen LogP contribution in [-0.2, 0) is 10.0 Å². The summed E-state index contributed by atoms with van der Waals surface area (Å²) >= 11 is 0. The Bertz CT molecular complexity index is 1040. The summed E-state index contributed by atoms with van der Waals surface area (Å²) in [6, 6.07) is 14.6. The monoisotopic (exact) mass is 339 g/mol. The van der Waals surface area contributed by atoms with E-state index in [4.69, 9.17) is 10.00 Å². The van der Waals surface area contributed by atoms with E-state index in [1.54, 1.807) is 30.5 Å². The minimum atomic E-state index is -3.73. The summed E-state index contributed by atoms with van der Waals surface area (Å²) in [5, 5.41) is 10.4. The molecular formula is C17H13N3O3S. The fourth-order valence-electron chi connectivity index (χ4n) is 2.30. The normalized spacial score (nSPS) is 11.0. The van der Waals surface area contributed by atoms with Crippen molar-refractivity contribution in [3.8, 4) is 11.9 Å². The predicted molar refractivity (Wildman–Crippen MR) is 90.3 cm³/mol. The van der Waals surface area contributed by atoms with Crippen molar-refractivity contribution in [2.24, 2.45) is 0 Å². The number of ether oxygens (including phenoxy) is 1. The molecule has 0 radical (unpaired) electrons. The highest BCUT2D eigenvalue weighted by Gasteiger charge is 2.14. The van der Waals surface area contributed by atoms with Gasteiger partial charge in [0, 0.05) is 17.3 Å². The zero-order valence-electron chi connectivity index (χ0n) is 12.7. The number of anilines is 1. The zero-order chi connectivity index (χ0) is 17.2. The number of nitriles is 1. The highest BCUT2D eigenvalue weighted by atomic mass is 32.2. The topological polar surface area (TPSA) is 92.1 Å². The molecule has 3 aromatic rings. The van der Waals surface area contributed by atoms with Crippen LogP contribution in [-0.4, -0.2) is 20.5 Å². The molecule has 0 fully saturated rings. The van der Waals surface area contributed by atoms with Crippen LogP contribution in [0.15, 0.2) is 59.6 Å². The second kappa shape index (κ2) is 6.18. The smallest absolute Gasteiger partial charge is 0.261 e. The first kappa shape index (κ1) is 15.8. The fourth-order valence-corrected chi connectivity index (χ4v) is 3.35. The van der Waals surface area contributed by atoms with Crippen molar-refractivity contribution in [2.45, 2.75) is 4.90 Å². The molecule has 0 saturated carbocycles. The Morgan fingerprint density at radius 2 is 1.88 bits per heavy atom. The Hall–Kier alpha value is -3.11. The van der Waals surface area contributed by atoms with Gasteiger partial charge >= 0.3 is 0 Å². The van der Waals surface area contributed by atoms with E-state index >= 15 is 0 Å². The van der Waals surface area contributed by atoms with Crippen LogP contribution in [0.4, 0.5) is 5.69 Å². The molecule has 1 N–H and O–H groups in total. The quantitative estimate of drug-likeness (QED) is 0.789. The van der Waals surface area contributed by atoms with Crippen molar-refractivity contribution < 1.29 is 13.2 Å². The Morgan fingerprint density at radius 3 is 2.54 bits per heavy atom. The third-order valence-corrected chi connectivity index (χ3v) is 4.86. The summed E-state index contributed by atoms with van der Waals surface area (Å²) in [5.74, 6) is 0.481. The summed E-state index contributed by atoms with van der Waals surface area (Å²) in [6.45, 7) is 0. The number of sulfonamides is 1. The minimum absolute atomic E-state index is 0.0916. The molecule has 24 heavy (non-hydrogen) atoms. The number of benzene rings is 2. The number of hydrogen-bond donors (Lipinski definition) is 1. The maximum atomic E-state index is 12.4.